The summed E-state index contributed by atoms with van der Waals surface area (Å²) in [4.78, 5) is 15.3. The van der Waals surface area contributed by atoms with Gasteiger partial charge >= 0.3 is 12.4 Å². The molecule has 34 heavy (non-hydrogen) atoms. The summed E-state index contributed by atoms with van der Waals surface area (Å²) < 4.78 is 81.4. The summed E-state index contributed by atoms with van der Waals surface area (Å²) in [6.07, 6.45) is -9.51. The van der Waals surface area contributed by atoms with Gasteiger partial charge in [0.2, 0.25) is 0 Å². The lowest BCUT2D eigenvalue weighted by Gasteiger charge is -2.18. The largest absolute Gasteiger partial charge is 0.433 e. The molecule has 1 atom stereocenters. The van der Waals surface area contributed by atoms with Gasteiger partial charge in [0, 0.05) is 23.5 Å². The Morgan fingerprint density at radius 3 is 2.41 bits per heavy atom. The summed E-state index contributed by atoms with van der Waals surface area (Å²) in [6.45, 7) is 0. The molecule has 8 nitrogen and oxygen atoms in total. The van der Waals surface area contributed by atoms with Crippen molar-refractivity contribution in [2.75, 3.05) is 5.32 Å². The number of aromatic nitrogens is 4. The van der Waals surface area contributed by atoms with Crippen LogP contribution in [-0.2, 0) is 12.4 Å². The monoisotopic (exact) mass is 485 g/mol. The summed E-state index contributed by atoms with van der Waals surface area (Å²) in [5.41, 5.74) is -4.88. The topological polar surface area (TPSA) is 105 Å². The fourth-order valence-corrected chi connectivity index (χ4v) is 3.37. The van der Waals surface area contributed by atoms with E-state index >= 15 is 0 Å². The Bertz CT molecular complexity index is 1430. The van der Waals surface area contributed by atoms with Crippen molar-refractivity contribution in [1.82, 2.24) is 19.5 Å². The van der Waals surface area contributed by atoms with Crippen molar-refractivity contribution in [2.45, 2.75) is 18.6 Å². The number of aliphatic hydroxyl groups is 1. The number of alkyl halides is 6. The van der Waals surface area contributed by atoms with Crippen LogP contribution >= 0.6 is 0 Å². The molecule has 0 aliphatic heterocycles. The molecular formula is C20H13F6N5O3. The van der Waals surface area contributed by atoms with Crippen molar-refractivity contribution < 1.29 is 36.7 Å². The number of hydrogen-bond acceptors (Lipinski definition) is 6. The van der Waals surface area contributed by atoms with E-state index in [0.717, 1.165) is 18.5 Å². The van der Waals surface area contributed by atoms with Crippen molar-refractivity contribution in [3.8, 4) is 5.69 Å². The smallest absolute Gasteiger partial charge is 0.425 e. The Morgan fingerprint density at radius 1 is 1.00 bits per heavy atom. The molecule has 0 bridgehead atoms. The third-order valence-corrected chi connectivity index (χ3v) is 4.85. The minimum atomic E-state index is -5.06. The zero-order valence-corrected chi connectivity index (χ0v) is 16.6. The van der Waals surface area contributed by atoms with Gasteiger partial charge in [-0.05, 0) is 30.3 Å². The van der Waals surface area contributed by atoms with Crippen molar-refractivity contribution in [1.29, 1.82) is 0 Å². The summed E-state index contributed by atoms with van der Waals surface area (Å²) in [6, 6.07) is 6.60. The van der Waals surface area contributed by atoms with Crippen LogP contribution in [0.2, 0.25) is 0 Å². The first kappa shape index (κ1) is 23.1. The molecule has 0 saturated carbocycles. The third-order valence-electron chi connectivity index (χ3n) is 4.85. The fourth-order valence-electron chi connectivity index (χ4n) is 3.37. The van der Waals surface area contributed by atoms with Gasteiger partial charge in [-0.3, -0.25) is 9.78 Å². The summed E-state index contributed by atoms with van der Waals surface area (Å²) >= 11 is 0. The minimum absolute atomic E-state index is 0.0318. The highest BCUT2D eigenvalue weighted by molar-refractivity contribution is 5.89. The lowest BCUT2D eigenvalue weighted by Crippen LogP contribution is -2.21. The molecule has 1 unspecified atom stereocenters. The van der Waals surface area contributed by atoms with Crippen LogP contribution in [0.4, 0.5) is 32.0 Å². The fraction of sp³-hybridized carbons (Fsp3) is 0.150. The number of halogens is 6. The van der Waals surface area contributed by atoms with E-state index in [4.69, 9.17) is 0 Å². The maximum absolute atomic E-state index is 14.0. The molecule has 3 heterocycles. The predicted molar refractivity (Wildman–Crippen MR) is 105 cm³/mol. The highest BCUT2D eigenvalue weighted by Crippen LogP contribution is 2.38. The molecule has 4 aromatic rings. The number of anilines is 1. The standard InChI is InChI=1S/C20H13F6N5O3/c21-19(22,23)15-8-10(4-6-27-15)29-17(32)13-9-28-31(16(13)20(24,25)26)14-3-1-2-12-11(14)5-7-30(34)18(12)33/h1-9,17,32,34H,(H,27,29). The van der Waals surface area contributed by atoms with Gasteiger partial charge in [-0.2, -0.15) is 36.2 Å². The molecule has 3 N–H and O–H groups in total. The van der Waals surface area contributed by atoms with Crippen LogP contribution in [0.15, 0.2) is 59.8 Å². The first-order valence-corrected chi connectivity index (χ1v) is 9.35. The van der Waals surface area contributed by atoms with Gasteiger partial charge in [-0.1, -0.05) is 6.07 Å². The Kier molecular flexibility index (Phi) is 5.47. The van der Waals surface area contributed by atoms with E-state index in [1.54, 1.807) is 0 Å². The number of aliphatic hydroxyl groups excluding tert-OH is 1. The third kappa shape index (κ3) is 4.14. The van der Waals surface area contributed by atoms with Crippen molar-refractivity contribution in [3.05, 3.63) is 82.3 Å². The number of fused-ring (bicyclic) bond motifs is 1. The molecular weight excluding hydrogens is 472 g/mol. The number of hydrogen-bond donors (Lipinski definition) is 3. The van der Waals surface area contributed by atoms with E-state index < -0.39 is 41.1 Å². The summed E-state index contributed by atoms with van der Waals surface area (Å²) in [7, 11) is 0. The molecule has 4 rings (SSSR count). The van der Waals surface area contributed by atoms with Crippen LogP contribution in [0.5, 0.6) is 0 Å². The molecule has 0 aliphatic rings. The number of pyridine rings is 2. The Balaban J connectivity index is 1.81. The normalized spacial score (nSPS) is 13.3. The number of nitrogens with one attached hydrogen (secondary N) is 1. The zero-order valence-electron chi connectivity index (χ0n) is 16.6. The highest BCUT2D eigenvalue weighted by atomic mass is 19.4. The zero-order chi connectivity index (χ0) is 24.8. The van der Waals surface area contributed by atoms with Gasteiger partial charge in [-0.15, -0.1) is 0 Å². The lowest BCUT2D eigenvalue weighted by molar-refractivity contribution is -0.144. The molecule has 0 spiro atoms. The van der Waals surface area contributed by atoms with Gasteiger partial charge in [0.15, 0.2) is 11.9 Å². The first-order valence-electron chi connectivity index (χ1n) is 9.35. The molecule has 178 valence electrons. The van der Waals surface area contributed by atoms with Gasteiger partial charge in [0.1, 0.15) is 5.69 Å². The van der Waals surface area contributed by atoms with Gasteiger partial charge in [0.05, 0.1) is 22.8 Å². The lowest BCUT2D eigenvalue weighted by atomic mass is 10.1. The van der Waals surface area contributed by atoms with E-state index in [9.17, 15) is 41.5 Å². The van der Waals surface area contributed by atoms with Gasteiger partial charge < -0.3 is 15.6 Å². The molecule has 0 aliphatic carbocycles. The average molecular weight is 485 g/mol. The molecule has 0 amide bonds. The van der Waals surface area contributed by atoms with E-state index in [1.807, 2.05) is 0 Å². The SMILES string of the molecule is O=c1c2cccc(-n3ncc(C(O)Nc4ccnc(C(F)(F)F)c4)c3C(F)(F)F)c2ccn1O. The highest BCUT2D eigenvalue weighted by Gasteiger charge is 2.41. The van der Waals surface area contributed by atoms with Crippen LogP contribution in [0.25, 0.3) is 16.5 Å². The molecule has 14 heteroatoms. The average Bonchev–Trinajstić information content (AvgIpc) is 3.21. The number of benzene rings is 1. The minimum Gasteiger partial charge on any atom is -0.425 e. The molecule has 1 aromatic carbocycles. The van der Waals surface area contributed by atoms with Crippen LogP contribution in [0, 0.1) is 0 Å². The molecule has 3 aromatic heterocycles. The molecule has 0 radical (unpaired) electrons. The van der Waals surface area contributed by atoms with E-state index in [2.05, 4.69) is 15.4 Å². The number of rotatable bonds is 4. The van der Waals surface area contributed by atoms with Crippen LogP contribution in [-0.4, -0.2) is 29.8 Å². The second-order valence-electron chi connectivity index (χ2n) is 7.04. The quantitative estimate of drug-likeness (QED) is 0.230. The maximum Gasteiger partial charge on any atom is 0.433 e. The second kappa shape index (κ2) is 8.06. The summed E-state index contributed by atoms with van der Waals surface area (Å²) in [5, 5.41) is 25.8. The second-order valence-corrected chi connectivity index (χ2v) is 7.04. The number of nitrogens with zero attached hydrogens (tertiary/aromatic N) is 4. The van der Waals surface area contributed by atoms with E-state index in [-0.39, 0.29) is 26.9 Å². The van der Waals surface area contributed by atoms with Crippen molar-refractivity contribution in [3.63, 3.8) is 0 Å². The Morgan fingerprint density at radius 2 is 1.74 bits per heavy atom. The molecule has 0 fully saturated rings. The summed E-state index contributed by atoms with van der Waals surface area (Å²) in [5.74, 6) is 0. The van der Waals surface area contributed by atoms with Crippen LogP contribution in [0.3, 0.4) is 0 Å². The predicted octanol–water partition coefficient (Wildman–Crippen LogP) is 3.96. The van der Waals surface area contributed by atoms with E-state index in [1.165, 1.54) is 24.3 Å². The van der Waals surface area contributed by atoms with Gasteiger partial charge in [0.25, 0.3) is 5.56 Å². The molecule has 0 saturated heterocycles. The first-order chi connectivity index (χ1) is 15.9. The Labute approximate surface area is 185 Å². The van der Waals surface area contributed by atoms with Crippen molar-refractivity contribution >= 4 is 16.5 Å². The van der Waals surface area contributed by atoms with Crippen molar-refractivity contribution in [2.24, 2.45) is 0 Å². The van der Waals surface area contributed by atoms with Gasteiger partial charge in [-0.25, -0.2) is 4.68 Å². The van der Waals surface area contributed by atoms with Crippen LogP contribution in [0.1, 0.15) is 23.2 Å². The Hall–Kier alpha value is -4.07. The van der Waals surface area contributed by atoms with Crippen LogP contribution < -0.4 is 10.9 Å². The maximum atomic E-state index is 14.0. The van der Waals surface area contributed by atoms with E-state index in [0.29, 0.717) is 16.9 Å².